The van der Waals surface area contributed by atoms with Crippen LogP contribution in [0.4, 0.5) is 4.39 Å². The zero-order valence-corrected chi connectivity index (χ0v) is 13.5. The number of benzene rings is 2. The molecule has 0 heterocycles. The first-order valence-corrected chi connectivity index (χ1v) is 7.86. The van der Waals surface area contributed by atoms with Gasteiger partial charge in [0.25, 0.3) is 0 Å². The molecular formula is C19H20FNO3. The van der Waals surface area contributed by atoms with E-state index in [2.05, 4.69) is 5.32 Å². The molecule has 0 bridgehead atoms. The summed E-state index contributed by atoms with van der Waals surface area (Å²) >= 11 is 0. The van der Waals surface area contributed by atoms with Gasteiger partial charge in [-0.1, -0.05) is 31.2 Å². The maximum atomic E-state index is 13.0. The van der Waals surface area contributed by atoms with Gasteiger partial charge in [0.2, 0.25) is 5.91 Å². The van der Waals surface area contributed by atoms with Crippen molar-refractivity contribution >= 4 is 11.9 Å². The molecule has 1 amide bonds. The van der Waals surface area contributed by atoms with Gasteiger partial charge < -0.3 is 10.4 Å². The molecule has 2 rings (SSSR count). The average Bonchev–Trinajstić information content (AvgIpc) is 2.57. The first-order chi connectivity index (χ1) is 11.5. The third-order valence-corrected chi connectivity index (χ3v) is 3.91. The largest absolute Gasteiger partial charge is 0.478 e. The summed E-state index contributed by atoms with van der Waals surface area (Å²) in [5.41, 5.74) is 1.99. The second-order valence-electron chi connectivity index (χ2n) is 5.56. The van der Waals surface area contributed by atoms with Crippen LogP contribution >= 0.6 is 0 Å². The van der Waals surface area contributed by atoms with Crippen molar-refractivity contribution < 1.29 is 19.1 Å². The van der Waals surface area contributed by atoms with Crippen LogP contribution in [-0.2, 0) is 11.2 Å². The highest BCUT2D eigenvalue weighted by Crippen LogP contribution is 2.20. The van der Waals surface area contributed by atoms with Crippen LogP contribution in [-0.4, -0.2) is 23.5 Å². The number of rotatable bonds is 7. The van der Waals surface area contributed by atoms with Gasteiger partial charge in [0.1, 0.15) is 5.82 Å². The molecule has 0 aromatic heterocycles. The van der Waals surface area contributed by atoms with Gasteiger partial charge in [-0.05, 0) is 48.2 Å². The van der Waals surface area contributed by atoms with E-state index in [9.17, 15) is 14.0 Å². The lowest BCUT2D eigenvalue weighted by atomic mass is 9.95. The van der Waals surface area contributed by atoms with Crippen molar-refractivity contribution in [2.24, 2.45) is 0 Å². The maximum absolute atomic E-state index is 13.0. The van der Waals surface area contributed by atoms with Crippen LogP contribution in [0.1, 0.15) is 40.7 Å². The SMILES string of the molecule is CCC(C(=O)NCCc1ccc(C(=O)O)cc1)c1ccc(F)cc1. The van der Waals surface area contributed by atoms with E-state index in [1.54, 1.807) is 36.4 Å². The maximum Gasteiger partial charge on any atom is 0.335 e. The standard InChI is InChI=1S/C19H20FNO3/c1-2-17(14-7-9-16(20)10-8-14)18(22)21-12-11-13-3-5-15(6-4-13)19(23)24/h3-10,17H,2,11-12H2,1H3,(H,21,22)(H,23,24). The Balaban J connectivity index is 1.89. The fourth-order valence-electron chi connectivity index (χ4n) is 2.53. The normalized spacial score (nSPS) is 11.8. The van der Waals surface area contributed by atoms with Gasteiger partial charge in [-0.2, -0.15) is 0 Å². The number of carboxylic acid groups (broad SMARTS) is 1. The van der Waals surface area contributed by atoms with E-state index >= 15 is 0 Å². The Bertz CT molecular complexity index is 696. The van der Waals surface area contributed by atoms with Gasteiger partial charge in [0, 0.05) is 6.54 Å². The quantitative estimate of drug-likeness (QED) is 0.818. The van der Waals surface area contributed by atoms with E-state index < -0.39 is 5.97 Å². The summed E-state index contributed by atoms with van der Waals surface area (Å²) in [5.74, 6) is -1.68. The molecule has 2 aromatic rings. The number of nitrogens with one attached hydrogen (secondary N) is 1. The number of amides is 1. The highest BCUT2D eigenvalue weighted by Gasteiger charge is 2.18. The van der Waals surface area contributed by atoms with Crippen LogP contribution in [0, 0.1) is 5.82 Å². The lowest BCUT2D eigenvalue weighted by Crippen LogP contribution is -2.30. The fraction of sp³-hybridized carbons (Fsp3) is 0.263. The van der Waals surface area contributed by atoms with Crippen LogP contribution in [0.25, 0.3) is 0 Å². The van der Waals surface area contributed by atoms with E-state index in [0.717, 1.165) is 11.1 Å². The molecule has 0 radical (unpaired) electrons. The molecule has 0 spiro atoms. The molecular weight excluding hydrogens is 309 g/mol. The summed E-state index contributed by atoms with van der Waals surface area (Å²) in [6, 6.07) is 12.6. The van der Waals surface area contributed by atoms with E-state index in [4.69, 9.17) is 5.11 Å². The molecule has 1 unspecified atom stereocenters. The van der Waals surface area contributed by atoms with Crippen molar-refractivity contribution in [2.75, 3.05) is 6.54 Å². The van der Waals surface area contributed by atoms with E-state index in [1.807, 2.05) is 6.92 Å². The lowest BCUT2D eigenvalue weighted by molar-refractivity contribution is -0.122. The molecule has 0 saturated heterocycles. The van der Waals surface area contributed by atoms with Crippen LogP contribution in [0.3, 0.4) is 0 Å². The van der Waals surface area contributed by atoms with Gasteiger partial charge in [-0.15, -0.1) is 0 Å². The number of hydrogen-bond acceptors (Lipinski definition) is 2. The number of aromatic carboxylic acids is 1. The van der Waals surface area contributed by atoms with Crippen LogP contribution in [0.15, 0.2) is 48.5 Å². The van der Waals surface area contributed by atoms with Crippen molar-refractivity contribution in [3.05, 3.63) is 71.0 Å². The van der Waals surface area contributed by atoms with E-state index in [1.165, 1.54) is 12.1 Å². The minimum absolute atomic E-state index is 0.0914. The zero-order valence-electron chi connectivity index (χ0n) is 13.5. The molecule has 0 fully saturated rings. The summed E-state index contributed by atoms with van der Waals surface area (Å²) in [6.07, 6.45) is 1.25. The highest BCUT2D eigenvalue weighted by atomic mass is 19.1. The second kappa shape index (κ2) is 8.24. The second-order valence-corrected chi connectivity index (χ2v) is 5.56. The van der Waals surface area contributed by atoms with Crippen molar-refractivity contribution in [1.82, 2.24) is 5.32 Å². The van der Waals surface area contributed by atoms with Crippen molar-refractivity contribution in [2.45, 2.75) is 25.7 Å². The van der Waals surface area contributed by atoms with Gasteiger partial charge in [0.05, 0.1) is 11.5 Å². The van der Waals surface area contributed by atoms with Crippen LogP contribution in [0.2, 0.25) is 0 Å². The summed E-state index contributed by atoms with van der Waals surface area (Å²) in [6.45, 7) is 2.38. The Kier molecular flexibility index (Phi) is 6.07. The topological polar surface area (TPSA) is 66.4 Å². The molecule has 2 N–H and O–H groups in total. The number of carbonyl (C=O) groups is 2. The summed E-state index contributed by atoms with van der Waals surface area (Å²) in [5, 5.41) is 11.7. The van der Waals surface area contributed by atoms with Gasteiger partial charge in [0.15, 0.2) is 0 Å². The minimum Gasteiger partial charge on any atom is -0.478 e. The Morgan fingerprint density at radius 1 is 1.08 bits per heavy atom. The van der Waals surface area contributed by atoms with Crippen molar-refractivity contribution in [3.63, 3.8) is 0 Å². The lowest BCUT2D eigenvalue weighted by Gasteiger charge is -2.15. The molecule has 4 nitrogen and oxygen atoms in total. The third-order valence-electron chi connectivity index (χ3n) is 3.91. The molecule has 2 aromatic carbocycles. The predicted molar refractivity (Wildman–Crippen MR) is 89.5 cm³/mol. The van der Waals surface area contributed by atoms with Gasteiger partial charge in [-0.3, -0.25) is 4.79 Å². The van der Waals surface area contributed by atoms with E-state index in [0.29, 0.717) is 19.4 Å². The Morgan fingerprint density at radius 2 is 1.71 bits per heavy atom. The van der Waals surface area contributed by atoms with E-state index in [-0.39, 0.29) is 23.2 Å². The molecule has 0 aliphatic rings. The van der Waals surface area contributed by atoms with Crippen LogP contribution in [0.5, 0.6) is 0 Å². The monoisotopic (exact) mass is 329 g/mol. The first-order valence-electron chi connectivity index (χ1n) is 7.86. The predicted octanol–water partition coefficient (Wildman–Crippen LogP) is 3.38. The number of carboxylic acids is 1. The van der Waals surface area contributed by atoms with Crippen molar-refractivity contribution in [3.8, 4) is 0 Å². The van der Waals surface area contributed by atoms with Crippen LogP contribution < -0.4 is 5.32 Å². The highest BCUT2D eigenvalue weighted by molar-refractivity contribution is 5.87. The van der Waals surface area contributed by atoms with Gasteiger partial charge >= 0.3 is 5.97 Å². The molecule has 0 aliphatic carbocycles. The Labute approximate surface area is 140 Å². The fourth-order valence-corrected chi connectivity index (χ4v) is 2.53. The summed E-state index contributed by atoms with van der Waals surface area (Å²) in [4.78, 5) is 23.1. The first kappa shape index (κ1) is 17.7. The number of hydrogen-bond donors (Lipinski definition) is 2. The Morgan fingerprint density at radius 3 is 2.25 bits per heavy atom. The number of halogens is 1. The third kappa shape index (κ3) is 4.65. The molecule has 0 aliphatic heterocycles. The molecule has 1 atom stereocenters. The Hall–Kier alpha value is -2.69. The molecule has 5 heteroatoms. The number of carbonyl (C=O) groups excluding carboxylic acids is 1. The smallest absolute Gasteiger partial charge is 0.335 e. The zero-order chi connectivity index (χ0) is 17.5. The summed E-state index contributed by atoms with van der Waals surface area (Å²) in [7, 11) is 0. The van der Waals surface area contributed by atoms with Crippen molar-refractivity contribution in [1.29, 1.82) is 0 Å². The van der Waals surface area contributed by atoms with Gasteiger partial charge in [-0.25, -0.2) is 9.18 Å². The average molecular weight is 329 g/mol. The molecule has 0 saturated carbocycles. The molecule has 24 heavy (non-hydrogen) atoms. The molecule has 126 valence electrons. The summed E-state index contributed by atoms with van der Waals surface area (Å²) < 4.78 is 13.0. The minimum atomic E-state index is -0.958.